The van der Waals surface area contributed by atoms with E-state index in [2.05, 4.69) is 25.9 Å². The largest absolute Gasteiger partial charge is 0.287 e. The highest BCUT2D eigenvalue weighted by Crippen LogP contribution is 2.23. The Kier molecular flexibility index (Phi) is 3.26. The number of aromatic nitrogens is 2. The molecule has 15 heavy (non-hydrogen) atoms. The average Bonchev–Trinajstić information content (AvgIpc) is 2.30. The molecule has 0 fully saturated rings. The molecule has 1 aromatic heterocycles. The van der Waals surface area contributed by atoms with Crippen LogP contribution in [0, 0.1) is 0 Å². The van der Waals surface area contributed by atoms with Crippen molar-refractivity contribution in [3.05, 3.63) is 34.3 Å². The van der Waals surface area contributed by atoms with Crippen LogP contribution in [0.3, 0.4) is 0 Å². The predicted octanol–water partition coefficient (Wildman–Crippen LogP) is 2.92. The molecule has 3 nitrogen and oxygen atoms in total. The first kappa shape index (κ1) is 10.5. The summed E-state index contributed by atoms with van der Waals surface area (Å²) >= 11 is 3.29. The molecule has 0 spiro atoms. The minimum atomic E-state index is 0.0315. The number of allylic oxidation sites excluding steroid dienone is 2. The van der Waals surface area contributed by atoms with Gasteiger partial charge in [0.25, 0.3) is 0 Å². The fourth-order valence-electron chi connectivity index (χ4n) is 1.68. The van der Waals surface area contributed by atoms with E-state index >= 15 is 0 Å². The van der Waals surface area contributed by atoms with Crippen LogP contribution in [0.5, 0.6) is 0 Å². The lowest BCUT2D eigenvalue weighted by Crippen LogP contribution is -2.09. The van der Waals surface area contributed by atoms with Crippen LogP contribution >= 0.6 is 15.9 Å². The zero-order chi connectivity index (χ0) is 10.7. The van der Waals surface area contributed by atoms with Gasteiger partial charge in [-0.15, -0.1) is 0 Å². The van der Waals surface area contributed by atoms with E-state index in [1.807, 2.05) is 6.08 Å². The van der Waals surface area contributed by atoms with Crippen LogP contribution in [0.2, 0.25) is 0 Å². The van der Waals surface area contributed by atoms with Crippen molar-refractivity contribution in [2.45, 2.75) is 25.7 Å². The minimum absolute atomic E-state index is 0.0315. The van der Waals surface area contributed by atoms with Gasteiger partial charge in [0.05, 0.1) is 4.47 Å². The van der Waals surface area contributed by atoms with E-state index in [1.165, 1.54) is 12.7 Å². The van der Waals surface area contributed by atoms with Crippen molar-refractivity contribution >= 4 is 21.7 Å². The lowest BCUT2D eigenvalue weighted by Gasteiger charge is -2.11. The molecule has 0 saturated carbocycles. The zero-order valence-electron chi connectivity index (χ0n) is 8.24. The highest BCUT2D eigenvalue weighted by molar-refractivity contribution is 9.10. The van der Waals surface area contributed by atoms with Crippen molar-refractivity contribution in [3.63, 3.8) is 0 Å². The summed E-state index contributed by atoms with van der Waals surface area (Å²) in [4.78, 5) is 19.9. The molecule has 0 N–H and O–H groups in total. The van der Waals surface area contributed by atoms with Crippen LogP contribution in [0.4, 0.5) is 0 Å². The van der Waals surface area contributed by atoms with Gasteiger partial charge in [0.15, 0.2) is 0 Å². The zero-order valence-corrected chi connectivity index (χ0v) is 9.83. The van der Waals surface area contributed by atoms with Gasteiger partial charge in [-0.05, 0) is 47.2 Å². The smallest absolute Gasteiger partial charge is 0.208 e. The van der Waals surface area contributed by atoms with Gasteiger partial charge in [0, 0.05) is 6.20 Å². The summed E-state index contributed by atoms with van der Waals surface area (Å²) in [6, 6.07) is 0. The summed E-state index contributed by atoms with van der Waals surface area (Å²) in [5, 5.41) is 0. The first-order chi connectivity index (χ1) is 7.29. The first-order valence-electron chi connectivity index (χ1n) is 4.98. The summed E-state index contributed by atoms with van der Waals surface area (Å²) < 4.78 is 0.668. The van der Waals surface area contributed by atoms with Crippen LogP contribution in [-0.4, -0.2) is 15.8 Å². The molecule has 1 aromatic rings. The molecular formula is C11H11BrN2O. The Bertz CT molecular complexity index is 415. The van der Waals surface area contributed by atoms with Gasteiger partial charge in [-0.25, -0.2) is 9.97 Å². The Balaban J connectivity index is 2.28. The van der Waals surface area contributed by atoms with Crippen LogP contribution in [0.25, 0.3) is 0 Å². The van der Waals surface area contributed by atoms with Gasteiger partial charge in [-0.3, -0.25) is 4.79 Å². The summed E-state index contributed by atoms with van der Waals surface area (Å²) in [6.07, 6.45) is 9.19. The Morgan fingerprint density at radius 1 is 1.40 bits per heavy atom. The number of halogens is 1. The number of nitrogens with zero attached hydrogens (tertiary/aromatic N) is 2. The second-order valence-corrected chi connectivity index (χ2v) is 4.38. The molecule has 1 heterocycles. The topological polar surface area (TPSA) is 42.9 Å². The quantitative estimate of drug-likeness (QED) is 0.774. The molecule has 0 atom stereocenters. The van der Waals surface area contributed by atoms with Crippen molar-refractivity contribution in [3.8, 4) is 0 Å². The maximum atomic E-state index is 12.0. The highest BCUT2D eigenvalue weighted by atomic mass is 79.9. The van der Waals surface area contributed by atoms with Gasteiger partial charge in [0.2, 0.25) is 5.78 Å². The first-order valence-corrected chi connectivity index (χ1v) is 5.77. The van der Waals surface area contributed by atoms with Crippen LogP contribution in [0.1, 0.15) is 36.2 Å². The van der Waals surface area contributed by atoms with E-state index in [0.717, 1.165) is 24.8 Å². The maximum absolute atomic E-state index is 12.0. The summed E-state index contributed by atoms with van der Waals surface area (Å²) in [5.41, 5.74) is 1.36. The van der Waals surface area contributed by atoms with E-state index in [0.29, 0.717) is 10.2 Å². The van der Waals surface area contributed by atoms with Gasteiger partial charge in [-0.2, -0.15) is 0 Å². The highest BCUT2D eigenvalue weighted by Gasteiger charge is 2.17. The van der Waals surface area contributed by atoms with Gasteiger partial charge in [-0.1, -0.05) is 6.08 Å². The molecule has 0 aromatic carbocycles. The molecular weight excluding hydrogens is 256 g/mol. The lowest BCUT2D eigenvalue weighted by molar-refractivity contribution is 0.102. The Hall–Kier alpha value is -1.03. The second kappa shape index (κ2) is 4.66. The molecule has 0 radical (unpaired) electrons. The lowest BCUT2D eigenvalue weighted by atomic mass is 9.95. The maximum Gasteiger partial charge on any atom is 0.208 e. The van der Waals surface area contributed by atoms with E-state index in [4.69, 9.17) is 0 Å². The normalized spacial score (nSPS) is 15.9. The van der Waals surface area contributed by atoms with Crippen LogP contribution in [-0.2, 0) is 0 Å². The SMILES string of the molecule is O=C(C1=CCCCC1)c1ncncc1Br. The molecule has 1 aliphatic rings. The Labute approximate surface area is 96.8 Å². The van der Waals surface area contributed by atoms with Gasteiger partial charge < -0.3 is 0 Å². The molecule has 2 rings (SSSR count). The summed E-state index contributed by atoms with van der Waals surface area (Å²) in [7, 11) is 0. The number of ketones is 1. The fraction of sp³-hybridized carbons (Fsp3) is 0.364. The molecule has 0 bridgehead atoms. The van der Waals surface area contributed by atoms with E-state index in [1.54, 1.807) is 6.20 Å². The van der Waals surface area contributed by atoms with E-state index in [-0.39, 0.29) is 5.78 Å². The van der Waals surface area contributed by atoms with Crippen molar-refractivity contribution in [1.29, 1.82) is 0 Å². The van der Waals surface area contributed by atoms with Crippen molar-refractivity contribution in [2.24, 2.45) is 0 Å². The summed E-state index contributed by atoms with van der Waals surface area (Å²) in [5.74, 6) is 0.0315. The molecule has 0 saturated heterocycles. The Morgan fingerprint density at radius 2 is 2.27 bits per heavy atom. The molecule has 0 amide bonds. The monoisotopic (exact) mass is 266 g/mol. The second-order valence-electron chi connectivity index (χ2n) is 3.52. The van der Waals surface area contributed by atoms with Crippen molar-refractivity contribution in [1.82, 2.24) is 9.97 Å². The van der Waals surface area contributed by atoms with Crippen molar-refractivity contribution < 1.29 is 4.79 Å². The predicted molar refractivity (Wildman–Crippen MR) is 60.6 cm³/mol. The number of carbonyl (C=O) groups is 1. The molecule has 0 aliphatic heterocycles. The number of rotatable bonds is 2. The number of carbonyl (C=O) groups excluding carboxylic acids is 1. The van der Waals surface area contributed by atoms with Crippen LogP contribution < -0.4 is 0 Å². The average molecular weight is 267 g/mol. The standard InChI is InChI=1S/C11H11BrN2O/c12-9-6-13-7-14-10(9)11(15)8-4-2-1-3-5-8/h4,6-7H,1-3,5H2. The minimum Gasteiger partial charge on any atom is -0.287 e. The number of hydrogen-bond acceptors (Lipinski definition) is 3. The molecule has 4 heteroatoms. The number of Topliss-reactive ketones (excluding diaryl/α,β-unsaturated/α-hetero) is 1. The molecule has 1 aliphatic carbocycles. The number of hydrogen-bond donors (Lipinski definition) is 0. The molecule has 78 valence electrons. The third-order valence-electron chi connectivity index (χ3n) is 2.47. The van der Waals surface area contributed by atoms with E-state index in [9.17, 15) is 4.79 Å². The Morgan fingerprint density at radius 3 is 2.93 bits per heavy atom. The van der Waals surface area contributed by atoms with Crippen molar-refractivity contribution in [2.75, 3.05) is 0 Å². The molecule has 0 unspecified atom stereocenters. The van der Waals surface area contributed by atoms with Gasteiger partial charge in [0.1, 0.15) is 12.0 Å². The summed E-state index contributed by atoms with van der Waals surface area (Å²) in [6.45, 7) is 0. The fourth-order valence-corrected chi connectivity index (χ4v) is 2.08. The third kappa shape index (κ3) is 2.31. The van der Waals surface area contributed by atoms with Gasteiger partial charge >= 0.3 is 0 Å². The van der Waals surface area contributed by atoms with E-state index < -0.39 is 0 Å². The van der Waals surface area contributed by atoms with Crippen LogP contribution in [0.15, 0.2) is 28.6 Å². The third-order valence-corrected chi connectivity index (χ3v) is 3.05.